The van der Waals surface area contributed by atoms with Crippen LogP contribution in [0.3, 0.4) is 0 Å². The molecule has 4 nitrogen and oxygen atoms in total. The summed E-state index contributed by atoms with van der Waals surface area (Å²) < 4.78 is 0. The smallest absolute Gasteiger partial charge is 0.303 e. The molecule has 0 aromatic rings. The van der Waals surface area contributed by atoms with Crippen LogP contribution in [0.5, 0.6) is 0 Å². The van der Waals surface area contributed by atoms with E-state index in [-0.39, 0.29) is 12.3 Å². The van der Waals surface area contributed by atoms with Gasteiger partial charge in [-0.3, -0.25) is 9.59 Å². The molecule has 0 aromatic heterocycles. The largest absolute Gasteiger partial charge is 0.481 e. The van der Waals surface area contributed by atoms with E-state index in [9.17, 15) is 9.59 Å². The molecule has 0 atom stereocenters. The summed E-state index contributed by atoms with van der Waals surface area (Å²) in [5.74, 6) is -0.723. The van der Waals surface area contributed by atoms with Crippen LogP contribution in [0.2, 0.25) is 0 Å². The maximum Gasteiger partial charge on any atom is 0.303 e. The summed E-state index contributed by atoms with van der Waals surface area (Å²) in [5, 5.41) is 8.88. The molecule has 1 aliphatic rings. The lowest BCUT2D eigenvalue weighted by atomic mass is 9.84. The highest BCUT2D eigenvalue weighted by atomic mass is 16.4. The molecule has 1 N–H and O–H groups in total. The van der Waals surface area contributed by atoms with Gasteiger partial charge in [0.25, 0.3) is 0 Å². The van der Waals surface area contributed by atoms with Crippen molar-refractivity contribution in [3.63, 3.8) is 0 Å². The quantitative estimate of drug-likeness (QED) is 0.806. The van der Waals surface area contributed by atoms with E-state index in [4.69, 9.17) is 5.11 Å². The highest BCUT2D eigenvalue weighted by molar-refractivity contribution is 5.78. The van der Waals surface area contributed by atoms with Crippen LogP contribution in [-0.4, -0.2) is 34.5 Å². The van der Waals surface area contributed by atoms with Crippen molar-refractivity contribution >= 4 is 11.9 Å². The summed E-state index contributed by atoms with van der Waals surface area (Å²) >= 11 is 0. The molecule has 1 rings (SSSR count). The van der Waals surface area contributed by atoms with E-state index in [1.54, 1.807) is 0 Å². The van der Waals surface area contributed by atoms with Gasteiger partial charge in [-0.1, -0.05) is 33.1 Å². The lowest BCUT2D eigenvalue weighted by molar-refractivity contribution is -0.141. The SMILES string of the molecule is CCN(C(=O)CC(C)(C)CC(=O)O)C1CCCCC1. The zero-order chi connectivity index (χ0) is 14.5. The van der Waals surface area contributed by atoms with Crippen LogP contribution < -0.4 is 0 Å². The van der Waals surface area contributed by atoms with E-state index in [1.165, 1.54) is 19.3 Å². The Morgan fingerprint density at radius 3 is 2.21 bits per heavy atom. The summed E-state index contributed by atoms with van der Waals surface area (Å²) in [7, 11) is 0. The molecule has 1 aliphatic carbocycles. The maximum absolute atomic E-state index is 12.4. The van der Waals surface area contributed by atoms with Crippen LogP contribution in [-0.2, 0) is 9.59 Å². The molecule has 0 unspecified atom stereocenters. The number of amides is 1. The van der Waals surface area contributed by atoms with Gasteiger partial charge in [-0.15, -0.1) is 0 Å². The summed E-state index contributed by atoms with van der Waals surface area (Å²) in [6, 6.07) is 0.367. The fourth-order valence-electron chi connectivity index (χ4n) is 3.01. The van der Waals surface area contributed by atoms with Crippen LogP contribution in [0.4, 0.5) is 0 Å². The molecule has 0 radical (unpaired) electrons. The van der Waals surface area contributed by atoms with Crippen molar-refractivity contribution in [3.8, 4) is 0 Å². The summed E-state index contributed by atoms with van der Waals surface area (Å²) in [6.07, 6.45) is 6.23. The summed E-state index contributed by atoms with van der Waals surface area (Å²) in [6.45, 7) is 6.45. The van der Waals surface area contributed by atoms with Crippen LogP contribution in [0, 0.1) is 5.41 Å². The molecule has 0 saturated heterocycles. The van der Waals surface area contributed by atoms with Crippen molar-refractivity contribution < 1.29 is 14.7 Å². The first-order chi connectivity index (χ1) is 8.85. The van der Waals surface area contributed by atoms with Gasteiger partial charge in [-0.2, -0.15) is 0 Å². The van der Waals surface area contributed by atoms with Crippen molar-refractivity contribution in [1.29, 1.82) is 0 Å². The number of hydrogen-bond acceptors (Lipinski definition) is 2. The van der Waals surface area contributed by atoms with Crippen molar-refractivity contribution in [1.82, 2.24) is 4.90 Å². The molecule has 1 saturated carbocycles. The Morgan fingerprint density at radius 1 is 1.16 bits per heavy atom. The Kier molecular flexibility index (Phi) is 5.83. The highest BCUT2D eigenvalue weighted by Gasteiger charge is 2.30. The second-order valence-electron chi connectivity index (χ2n) is 6.38. The molecule has 0 aliphatic heterocycles. The zero-order valence-corrected chi connectivity index (χ0v) is 12.4. The van der Waals surface area contributed by atoms with Crippen LogP contribution in [0.25, 0.3) is 0 Å². The zero-order valence-electron chi connectivity index (χ0n) is 12.4. The normalized spacial score (nSPS) is 17.2. The first-order valence-electron chi connectivity index (χ1n) is 7.37. The fraction of sp³-hybridized carbons (Fsp3) is 0.867. The van der Waals surface area contributed by atoms with Crippen molar-refractivity contribution in [2.75, 3.05) is 6.54 Å². The second kappa shape index (κ2) is 6.92. The van der Waals surface area contributed by atoms with Crippen molar-refractivity contribution in [2.24, 2.45) is 5.41 Å². The number of carboxylic acids is 1. The maximum atomic E-state index is 12.4. The van der Waals surface area contributed by atoms with E-state index < -0.39 is 11.4 Å². The molecule has 0 bridgehead atoms. The first kappa shape index (κ1) is 16.0. The molecule has 1 fully saturated rings. The highest BCUT2D eigenvalue weighted by Crippen LogP contribution is 2.29. The molecule has 4 heteroatoms. The Balaban J connectivity index is 2.60. The second-order valence-corrected chi connectivity index (χ2v) is 6.38. The number of carbonyl (C=O) groups excluding carboxylic acids is 1. The predicted octanol–water partition coefficient (Wildman–Crippen LogP) is 3.06. The Morgan fingerprint density at radius 2 is 1.74 bits per heavy atom. The van der Waals surface area contributed by atoms with Gasteiger partial charge in [0.1, 0.15) is 0 Å². The van der Waals surface area contributed by atoms with Gasteiger partial charge in [0, 0.05) is 19.0 Å². The number of rotatable bonds is 6. The Bertz CT molecular complexity index is 319. The average molecular weight is 269 g/mol. The predicted molar refractivity (Wildman–Crippen MR) is 74.9 cm³/mol. The standard InChI is InChI=1S/C15H27NO3/c1-4-16(12-8-6-5-7-9-12)13(17)10-15(2,3)11-14(18)19/h12H,4-11H2,1-3H3,(H,18,19). The number of aliphatic carboxylic acids is 1. The molecular weight excluding hydrogens is 242 g/mol. The van der Waals surface area contributed by atoms with Gasteiger partial charge in [0.05, 0.1) is 6.42 Å². The molecule has 0 spiro atoms. The monoisotopic (exact) mass is 269 g/mol. The molecule has 110 valence electrons. The third kappa shape index (κ3) is 5.21. The van der Waals surface area contributed by atoms with Gasteiger partial charge < -0.3 is 10.0 Å². The third-order valence-corrected chi connectivity index (χ3v) is 3.94. The van der Waals surface area contributed by atoms with Crippen LogP contribution in [0.1, 0.15) is 65.7 Å². The number of carboxylic acid groups (broad SMARTS) is 1. The molecule has 19 heavy (non-hydrogen) atoms. The summed E-state index contributed by atoms with van der Waals surface area (Å²) in [4.78, 5) is 25.2. The minimum absolute atomic E-state index is 0.0426. The Hall–Kier alpha value is -1.06. The van der Waals surface area contributed by atoms with Gasteiger partial charge >= 0.3 is 5.97 Å². The average Bonchev–Trinajstić information content (AvgIpc) is 2.28. The number of hydrogen-bond donors (Lipinski definition) is 1. The van der Waals surface area contributed by atoms with Crippen LogP contribution in [0.15, 0.2) is 0 Å². The van der Waals surface area contributed by atoms with Gasteiger partial charge in [-0.25, -0.2) is 0 Å². The number of nitrogens with zero attached hydrogens (tertiary/aromatic N) is 1. The van der Waals surface area contributed by atoms with E-state index >= 15 is 0 Å². The van der Waals surface area contributed by atoms with E-state index in [0.29, 0.717) is 12.5 Å². The molecular formula is C15H27NO3. The van der Waals surface area contributed by atoms with E-state index in [1.807, 2.05) is 25.7 Å². The fourth-order valence-corrected chi connectivity index (χ4v) is 3.01. The van der Waals surface area contributed by atoms with Crippen molar-refractivity contribution in [2.45, 2.75) is 71.8 Å². The minimum atomic E-state index is -0.835. The van der Waals surface area contributed by atoms with E-state index in [2.05, 4.69) is 0 Å². The van der Waals surface area contributed by atoms with E-state index in [0.717, 1.165) is 19.4 Å². The lowest BCUT2D eigenvalue weighted by Crippen LogP contribution is -2.43. The number of carbonyl (C=O) groups is 2. The Labute approximate surface area is 116 Å². The van der Waals surface area contributed by atoms with Gasteiger partial charge in [0.2, 0.25) is 5.91 Å². The summed E-state index contributed by atoms with van der Waals surface area (Å²) in [5.41, 5.74) is -0.467. The molecule has 0 heterocycles. The minimum Gasteiger partial charge on any atom is -0.481 e. The first-order valence-corrected chi connectivity index (χ1v) is 7.37. The molecule has 0 aromatic carbocycles. The van der Waals surface area contributed by atoms with Gasteiger partial charge in [0.15, 0.2) is 0 Å². The third-order valence-electron chi connectivity index (χ3n) is 3.94. The van der Waals surface area contributed by atoms with Crippen molar-refractivity contribution in [3.05, 3.63) is 0 Å². The molecule has 1 amide bonds. The lowest BCUT2D eigenvalue weighted by Gasteiger charge is -2.35. The van der Waals surface area contributed by atoms with Gasteiger partial charge in [-0.05, 0) is 25.2 Å². The topological polar surface area (TPSA) is 57.6 Å². The van der Waals surface area contributed by atoms with Crippen LogP contribution >= 0.6 is 0 Å².